The lowest BCUT2D eigenvalue weighted by molar-refractivity contribution is -0.114. The van der Waals surface area contributed by atoms with Gasteiger partial charge >= 0.3 is 0 Å². The number of aliphatic imine (C=N–C) groups is 1. The molecule has 1 aromatic carbocycles. The predicted octanol–water partition coefficient (Wildman–Crippen LogP) is 2.20. The number of rotatable bonds is 9. The Labute approximate surface area is 185 Å². The number of para-hydroxylation sites is 1. The van der Waals surface area contributed by atoms with Crippen LogP contribution >= 0.6 is 0 Å². The van der Waals surface area contributed by atoms with Crippen molar-refractivity contribution in [1.82, 2.24) is 9.38 Å². The Morgan fingerprint density at radius 3 is 2.72 bits per heavy atom. The molecule has 168 valence electrons. The van der Waals surface area contributed by atoms with Crippen molar-refractivity contribution < 1.29 is 13.9 Å². The van der Waals surface area contributed by atoms with Crippen molar-refractivity contribution in [3.8, 4) is 16.9 Å². The van der Waals surface area contributed by atoms with Gasteiger partial charge in [-0.3, -0.25) is 9.79 Å². The van der Waals surface area contributed by atoms with Gasteiger partial charge in [-0.05, 0) is 31.7 Å². The van der Waals surface area contributed by atoms with Crippen LogP contribution in [0.15, 0.2) is 59.0 Å². The van der Waals surface area contributed by atoms with Crippen LogP contribution in [0.2, 0.25) is 0 Å². The van der Waals surface area contributed by atoms with E-state index in [1.54, 1.807) is 32.3 Å². The van der Waals surface area contributed by atoms with Gasteiger partial charge < -0.3 is 26.3 Å². The summed E-state index contributed by atoms with van der Waals surface area (Å²) in [5.74, 6) is -1.13. The summed E-state index contributed by atoms with van der Waals surface area (Å²) in [4.78, 5) is 20.0. The Bertz CT molecular complexity index is 1200. The Morgan fingerprint density at radius 2 is 2.03 bits per heavy atom. The summed E-state index contributed by atoms with van der Waals surface area (Å²) in [6, 6.07) is 8.47. The van der Waals surface area contributed by atoms with Crippen LogP contribution in [0, 0.1) is 5.82 Å². The first kappa shape index (κ1) is 23.0. The van der Waals surface area contributed by atoms with E-state index in [1.165, 1.54) is 6.07 Å². The number of imidazole rings is 1. The molecule has 0 bridgehead atoms. The Morgan fingerprint density at radius 1 is 1.25 bits per heavy atom. The zero-order valence-electron chi connectivity index (χ0n) is 18.1. The largest absolute Gasteiger partial charge is 0.490 e. The Balaban J connectivity index is 1.92. The van der Waals surface area contributed by atoms with Gasteiger partial charge in [-0.15, -0.1) is 0 Å². The lowest BCUT2D eigenvalue weighted by Gasteiger charge is -2.15. The second kappa shape index (κ2) is 10.1. The normalized spacial score (nSPS) is 12.7. The molecule has 2 aromatic heterocycles. The number of aromatic nitrogens is 2. The minimum atomic E-state index is -0.739. The number of ether oxygens (including phenoxy) is 1. The number of carbonyl (C=O) groups excluding carboxylic acids is 1. The minimum absolute atomic E-state index is 0.0792. The molecular weight excluding hydrogens is 411 g/mol. The van der Waals surface area contributed by atoms with Crippen molar-refractivity contribution in [3.05, 3.63) is 65.5 Å². The van der Waals surface area contributed by atoms with Crippen LogP contribution < -0.4 is 21.9 Å². The molecule has 8 nitrogen and oxygen atoms in total. The Kier molecular flexibility index (Phi) is 7.21. The summed E-state index contributed by atoms with van der Waals surface area (Å²) >= 11 is 0. The fourth-order valence-corrected chi connectivity index (χ4v) is 3.46. The minimum Gasteiger partial charge on any atom is -0.490 e. The maximum atomic E-state index is 14.7. The number of nitrogens with zero attached hydrogens (tertiary/aromatic N) is 3. The van der Waals surface area contributed by atoms with Crippen LogP contribution in [-0.4, -0.2) is 41.2 Å². The third kappa shape index (κ3) is 4.78. The highest BCUT2D eigenvalue weighted by Crippen LogP contribution is 2.33. The molecule has 0 saturated heterocycles. The van der Waals surface area contributed by atoms with E-state index < -0.39 is 11.7 Å². The van der Waals surface area contributed by atoms with Crippen molar-refractivity contribution in [3.63, 3.8) is 0 Å². The van der Waals surface area contributed by atoms with E-state index in [0.717, 1.165) is 16.9 Å². The molecule has 32 heavy (non-hydrogen) atoms. The highest BCUT2D eigenvalue weighted by Gasteiger charge is 2.16. The average Bonchev–Trinajstić information content (AvgIpc) is 3.19. The third-order valence-corrected chi connectivity index (χ3v) is 5.22. The van der Waals surface area contributed by atoms with Crippen LogP contribution in [0.4, 0.5) is 4.39 Å². The molecule has 0 atom stereocenters. The fourth-order valence-electron chi connectivity index (χ4n) is 3.46. The molecule has 1 amide bonds. The molecule has 0 spiro atoms. The molecule has 2 heterocycles. The number of nitrogens with two attached hydrogens (primary N) is 3. The first-order chi connectivity index (χ1) is 15.4. The van der Waals surface area contributed by atoms with Gasteiger partial charge in [0, 0.05) is 60.4 Å². The van der Waals surface area contributed by atoms with Crippen LogP contribution in [0.1, 0.15) is 19.0 Å². The molecule has 0 aliphatic carbocycles. The van der Waals surface area contributed by atoms with Gasteiger partial charge in [0.1, 0.15) is 11.3 Å². The number of hydrogen-bond donors (Lipinski definition) is 3. The van der Waals surface area contributed by atoms with Crippen molar-refractivity contribution >= 4 is 17.3 Å². The molecule has 3 rings (SSSR count). The zero-order chi connectivity index (χ0) is 23.3. The topological polar surface area (TPSA) is 134 Å². The number of benzene rings is 1. The highest BCUT2D eigenvalue weighted by molar-refractivity contribution is 6.06. The maximum Gasteiger partial charge on any atom is 0.264 e. The molecule has 0 unspecified atom stereocenters. The Hall–Kier alpha value is -3.72. The molecule has 9 heteroatoms. The summed E-state index contributed by atoms with van der Waals surface area (Å²) in [7, 11) is 1.59. The lowest BCUT2D eigenvalue weighted by atomic mass is 10.0. The van der Waals surface area contributed by atoms with E-state index in [-0.39, 0.29) is 24.5 Å². The number of halogens is 1. The van der Waals surface area contributed by atoms with Crippen LogP contribution in [0.25, 0.3) is 16.8 Å². The molecule has 0 aliphatic rings. The van der Waals surface area contributed by atoms with Crippen molar-refractivity contribution in [2.45, 2.75) is 19.8 Å². The standard InChI is InChI=1S/C23H27FN6O2/c1-14(28-2)17(21(26)23(27)31)9-11-32-22-18(4-3-5-19(22)24)15-6-7-20-29-12-16(8-10-25)30(20)13-15/h3-7,12-13H,8-11,25-26H2,1-2H3,(H2,27,31)/b21-17-,28-14?. The maximum absolute atomic E-state index is 14.7. The molecule has 0 saturated carbocycles. The molecule has 3 aromatic rings. The molecular formula is C23H27FN6O2. The lowest BCUT2D eigenvalue weighted by Crippen LogP contribution is -2.25. The van der Waals surface area contributed by atoms with Gasteiger partial charge in [0.2, 0.25) is 0 Å². The number of carbonyl (C=O) groups is 1. The number of amides is 1. The monoisotopic (exact) mass is 438 g/mol. The quantitative estimate of drug-likeness (QED) is 0.348. The number of pyridine rings is 1. The van der Waals surface area contributed by atoms with E-state index in [2.05, 4.69) is 9.98 Å². The summed E-state index contributed by atoms with van der Waals surface area (Å²) < 4.78 is 22.5. The van der Waals surface area contributed by atoms with Crippen molar-refractivity contribution in [2.24, 2.45) is 22.2 Å². The van der Waals surface area contributed by atoms with E-state index in [0.29, 0.717) is 29.8 Å². The summed E-state index contributed by atoms with van der Waals surface area (Å²) in [6.07, 6.45) is 4.58. The second-order valence-electron chi connectivity index (χ2n) is 7.21. The van der Waals surface area contributed by atoms with Gasteiger partial charge in [0.25, 0.3) is 5.91 Å². The van der Waals surface area contributed by atoms with E-state index in [1.807, 2.05) is 22.7 Å². The zero-order valence-corrected chi connectivity index (χ0v) is 18.1. The first-order valence-corrected chi connectivity index (χ1v) is 10.2. The summed E-state index contributed by atoms with van der Waals surface area (Å²) in [5.41, 5.74) is 20.9. The van der Waals surface area contributed by atoms with Gasteiger partial charge in [0.15, 0.2) is 11.6 Å². The SMILES string of the molecule is CN=C(C)/C(CCOc1c(F)cccc1-c1ccc2ncc(CCN)n2c1)=C(\N)C(N)=O. The number of hydrogen-bond acceptors (Lipinski definition) is 6. The molecule has 0 fully saturated rings. The van der Waals surface area contributed by atoms with Gasteiger partial charge in [-0.25, -0.2) is 9.37 Å². The summed E-state index contributed by atoms with van der Waals surface area (Å²) in [5, 5.41) is 0. The molecule has 6 N–H and O–H groups in total. The second-order valence-corrected chi connectivity index (χ2v) is 7.21. The van der Waals surface area contributed by atoms with Gasteiger partial charge in [0.05, 0.1) is 6.61 Å². The average molecular weight is 439 g/mol. The molecule has 0 aliphatic heterocycles. The van der Waals surface area contributed by atoms with Crippen molar-refractivity contribution in [1.29, 1.82) is 0 Å². The van der Waals surface area contributed by atoms with Crippen LogP contribution in [-0.2, 0) is 11.2 Å². The summed E-state index contributed by atoms with van der Waals surface area (Å²) in [6.45, 7) is 2.30. The fraction of sp³-hybridized carbons (Fsp3) is 0.261. The van der Waals surface area contributed by atoms with E-state index >= 15 is 0 Å². The number of primary amides is 1. The highest BCUT2D eigenvalue weighted by atomic mass is 19.1. The smallest absolute Gasteiger partial charge is 0.264 e. The third-order valence-electron chi connectivity index (χ3n) is 5.22. The van der Waals surface area contributed by atoms with Crippen LogP contribution in [0.3, 0.4) is 0 Å². The van der Waals surface area contributed by atoms with E-state index in [9.17, 15) is 9.18 Å². The molecule has 0 radical (unpaired) electrons. The predicted molar refractivity (Wildman–Crippen MR) is 123 cm³/mol. The number of fused-ring (bicyclic) bond motifs is 1. The van der Waals surface area contributed by atoms with Crippen LogP contribution in [0.5, 0.6) is 5.75 Å². The van der Waals surface area contributed by atoms with Gasteiger partial charge in [-0.1, -0.05) is 12.1 Å². The van der Waals surface area contributed by atoms with E-state index in [4.69, 9.17) is 21.9 Å². The van der Waals surface area contributed by atoms with Crippen molar-refractivity contribution in [2.75, 3.05) is 20.2 Å². The van der Waals surface area contributed by atoms with Gasteiger partial charge in [-0.2, -0.15) is 0 Å². The first-order valence-electron chi connectivity index (χ1n) is 10.2.